The summed E-state index contributed by atoms with van der Waals surface area (Å²) in [6.07, 6.45) is 1.60. The van der Waals surface area contributed by atoms with Crippen molar-refractivity contribution in [2.75, 3.05) is 28.4 Å². The third-order valence-electron chi connectivity index (χ3n) is 5.58. The van der Waals surface area contributed by atoms with E-state index >= 15 is 0 Å². The Bertz CT molecular complexity index is 1340. The van der Waals surface area contributed by atoms with Crippen LogP contribution >= 0.6 is 0 Å². The van der Waals surface area contributed by atoms with Gasteiger partial charge in [-0.15, -0.1) is 0 Å². The Labute approximate surface area is 202 Å². The Morgan fingerprint density at radius 1 is 0.829 bits per heavy atom. The number of ketones is 1. The van der Waals surface area contributed by atoms with Gasteiger partial charge >= 0.3 is 5.97 Å². The second-order valence-corrected chi connectivity index (χ2v) is 7.55. The van der Waals surface area contributed by atoms with Gasteiger partial charge in [0, 0.05) is 11.1 Å². The highest BCUT2D eigenvalue weighted by Crippen LogP contribution is 2.41. The fraction of sp³-hybridized carbons (Fsp3) is 0.185. The van der Waals surface area contributed by atoms with Crippen LogP contribution in [0.15, 0.2) is 54.3 Å². The topological polar surface area (TPSA) is 89.5 Å². The van der Waals surface area contributed by atoms with E-state index in [0.717, 1.165) is 0 Å². The van der Waals surface area contributed by atoms with Crippen molar-refractivity contribution >= 4 is 17.8 Å². The zero-order valence-corrected chi connectivity index (χ0v) is 20.0. The van der Waals surface area contributed by atoms with Crippen LogP contribution in [0.25, 0.3) is 6.08 Å². The summed E-state index contributed by atoms with van der Waals surface area (Å²) in [5, 5.41) is 0. The minimum Gasteiger partial charge on any atom is -0.493 e. The molecule has 3 aromatic rings. The number of carbonyl (C=O) groups excluding carboxylic acids is 2. The van der Waals surface area contributed by atoms with E-state index in [9.17, 15) is 9.59 Å². The van der Waals surface area contributed by atoms with Crippen LogP contribution in [0.2, 0.25) is 0 Å². The molecule has 0 spiro atoms. The number of allylic oxidation sites excluding steroid dienone is 1. The maximum Gasteiger partial charge on any atom is 0.343 e. The molecule has 0 amide bonds. The molecule has 0 radical (unpaired) electrons. The minimum atomic E-state index is -0.588. The molecule has 1 aliphatic heterocycles. The number of methoxy groups -OCH3 is 4. The second kappa shape index (κ2) is 9.80. The standard InChI is InChI=1S/C27H24O8/c1-15-19(35-27(29)17-9-11-20(30-2)22(14-17)32-4)12-10-18-24(28)23(34-25(15)18)13-16-7-6-8-21(31-3)26(16)33-5/h6-14H,1-5H3/b23-13-. The first-order valence-electron chi connectivity index (χ1n) is 10.6. The smallest absolute Gasteiger partial charge is 0.343 e. The molecule has 0 atom stereocenters. The molecule has 4 rings (SSSR count). The maximum atomic E-state index is 13.0. The summed E-state index contributed by atoms with van der Waals surface area (Å²) in [4.78, 5) is 25.8. The summed E-state index contributed by atoms with van der Waals surface area (Å²) in [5.41, 5.74) is 1.80. The van der Waals surface area contributed by atoms with Crippen molar-refractivity contribution in [2.24, 2.45) is 0 Å². The average Bonchev–Trinajstić information content (AvgIpc) is 3.20. The van der Waals surface area contributed by atoms with E-state index in [1.807, 2.05) is 0 Å². The molecule has 1 aliphatic rings. The maximum absolute atomic E-state index is 13.0. The Kier molecular flexibility index (Phi) is 6.64. The number of carbonyl (C=O) groups is 2. The number of hydrogen-bond donors (Lipinski definition) is 0. The van der Waals surface area contributed by atoms with Crippen LogP contribution in [0.3, 0.4) is 0 Å². The molecule has 3 aromatic carbocycles. The molecular weight excluding hydrogens is 452 g/mol. The quantitative estimate of drug-likeness (QED) is 0.271. The van der Waals surface area contributed by atoms with Gasteiger partial charge in [0.25, 0.3) is 0 Å². The molecule has 180 valence electrons. The van der Waals surface area contributed by atoms with Crippen molar-refractivity contribution in [3.8, 4) is 34.5 Å². The van der Waals surface area contributed by atoms with Crippen LogP contribution in [0, 0.1) is 6.92 Å². The van der Waals surface area contributed by atoms with Crippen LogP contribution in [0.1, 0.15) is 31.8 Å². The van der Waals surface area contributed by atoms with Gasteiger partial charge in [-0.05, 0) is 49.4 Å². The van der Waals surface area contributed by atoms with E-state index in [2.05, 4.69) is 0 Å². The Balaban J connectivity index is 1.62. The number of benzene rings is 3. The summed E-state index contributed by atoms with van der Waals surface area (Å²) in [7, 11) is 6.06. The van der Waals surface area contributed by atoms with E-state index in [1.165, 1.54) is 34.5 Å². The van der Waals surface area contributed by atoms with Crippen LogP contribution in [0.5, 0.6) is 34.5 Å². The number of rotatable bonds is 7. The Morgan fingerprint density at radius 2 is 1.54 bits per heavy atom. The van der Waals surface area contributed by atoms with Gasteiger partial charge in [-0.2, -0.15) is 0 Å². The lowest BCUT2D eigenvalue weighted by molar-refractivity contribution is 0.0732. The molecule has 8 heteroatoms. The first kappa shape index (κ1) is 23.7. The van der Waals surface area contributed by atoms with Crippen molar-refractivity contribution < 1.29 is 38.0 Å². The number of hydrogen-bond acceptors (Lipinski definition) is 8. The number of Topliss-reactive ketones (excluding diaryl/α,β-unsaturated/α-hetero) is 1. The van der Waals surface area contributed by atoms with Gasteiger partial charge < -0.3 is 28.4 Å². The highest BCUT2D eigenvalue weighted by molar-refractivity contribution is 6.15. The van der Waals surface area contributed by atoms with Crippen molar-refractivity contribution in [3.05, 3.63) is 76.5 Å². The number of esters is 1. The summed E-state index contributed by atoms with van der Waals surface area (Å²) >= 11 is 0. The van der Waals surface area contributed by atoms with E-state index in [-0.39, 0.29) is 22.9 Å². The molecule has 0 saturated carbocycles. The van der Waals surface area contributed by atoms with Gasteiger partial charge in [-0.25, -0.2) is 4.79 Å². The van der Waals surface area contributed by atoms with Gasteiger partial charge in [0.2, 0.25) is 5.78 Å². The van der Waals surface area contributed by atoms with Crippen molar-refractivity contribution in [1.82, 2.24) is 0 Å². The van der Waals surface area contributed by atoms with Crippen molar-refractivity contribution in [1.29, 1.82) is 0 Å². The lowest BCUT2D eigenvalue weighted by Crippen LogP contribution is -2.10. The van der Waals surface area contributed by atoms with Crippen molar-refractivity contribution in [2.45, 2.75) is 6.92 Å². The molecule has 0 unspecified atom stereocenters. The van der Waals surface area contributed by atoms with E-state index in [0.29, 0.717) is 45.4 Å². The molecule has 0 fully saturated rings. The van der Waals surface area contributed by atoms with Gasteiger partial charge in [0.1, 0.15) is 11.5 Å². The molecule has 0 bridgehead atoms. The minimum absolute atomic E-state index is 0.123. The SMILES string of the molecule is COc1ccc(C(=O)Oc2ccc3c(c2C)O/C(=C\c2cccc(OC)c2OC)C3=O)cc1OC. The van der Waals surface area contributed by atoms with Crippen LogP contribution in [-0.4, -0.2) is 40.2 Å². The monoisotopic (exact) mass is 476 g/mol. The number of ether oxygens (including phenoxy) is 6. The summed E-state index contributed by atoms with van der Waals surface area (Å²) in [6, 6.07) is 13.2. The normalized spacial score (nSPS) is 13.2. The lowest BCUT2D eigenvalue weighted by Gasteiger charge is -2.12. The molecule has 1 heterocycles. The third-order valence-corrected chi connectivity index (χ3v) is 5.58. The zero-order chi connectivity index (χ0) is 25.1. The van der Waals surface area contributed by atoms with Crippen molar-refractivity contribution in [3.63, 3.8) is 0 Å². The number of fused-ring (bicyclic) bond motifs is 1. The van der Waals surface area contributed by atoms with E-state index in [4.69, 9.17) is 28.4 Å². The fourth-order valence-corrected chi connectivity index (χ4v) is 3.77. The summed E-state index contributed by atoms with van der Waals surface area (Å²) in [5.74, 6) is 1.78. The second-order valence-electron chi connectivity index (χ2n) is 7.55. The zero-order valence-electron chi connectivity index (χ0n) is 20.0. The number of para-hydroxylation sites is 1. The largest absolute Gasteiger partial charge is 0.493 e. The average molecular weight is 476 g/mol. The van der Waals surface area contributed by atoms with Crippen LogP contribution in [0.4, 0.5) is 0 Å². The van der Waals surface area contributed by atoms with E-state index in [1.54, 1.807) is 55.5 Å². The van der Waals surface area contributed by atoms with Gasteiger partial charge in [-0.3, -0.25) is 4.79 Å². The molecule has 8 nitrogen and oxygen atoms in total. The predicted octanol–water partition coefficient (Wildman–Crippen LogP) is 4.86. The third kappa shape index (κ3) is 4.38. The van der Waals surface area contributed by atoms with E-state index < -0.39 is 5.97 Å². The van der Waals surface area contributed by atoms with Crippen LogP contribution in [-0.2, 0) is 0 Å². The summed E-state index contributed by atoms with van der Waals surface area (Å²) < 4.78 is 32.7. The summed E-state index contributed by atoms with van der Waals surface area (Å²) in [6.45, 7) is 1.72. The fourth-order valence-electron chi connectivity index (χ4n) is 3.77. The molecule has 35 heavy (non-hydrogen) atoms. The molecule has 0 aliphatic carbocycles. The lowest BCUT2D eigenvalue weighted by atomic mass is 10.1. The predicted molar refractivity (Wildman–Crippen MR) is 128 cm³/mol. The molecule has 0 aromatic heterocycles. The highest BCUT2D eigenvalue weighted by atomic mass is 16.5. The van der Waals surface area contributed by atoms with Crippen LogP contribution < -0.4 is 28.4 Å². The Morgan fingerprint density at radius 3 is 2.23 bits per heavy atom. The van der Waals surface area contributed by atoms with Gasteiger partial charge in [-0.1, -0.05) is 12.1 Å². The first-order valence-corrected chi connectivity index (χ1v) is 10.6. The first-order chi connectivity index (χ1) is 16.9. The molecular formula is C27H24O8. The molecule has 0 N–H and O–H groups in total. The van der Waals surface area contributed by atoms with Gasteiger partial charge in [0.05, 0.1) is 39.6 Å². The molecule has 0 saturated heterocycles. The Hall–Kier alpha value is -4.46. The highest BCUT2D eigenvalue weighted by Gasteiger charge is 2.31. The van der Waals surface area contributed by atoms with Gasteiger partial charge in [0.15, 0.2) is 28.8 Å².